The van der Waals surface area contributed by atoms with Gasteiger partial charge in [-0.25, -0.2) is 0 Å². The average Bonchev–Trinajstić information content (AvgIpc) is 2.78. The lowest BCUT2D eigenvalue weighted by molar-refractivity contribution is -0.364. The van der Waals surface area contributed by atoms with Crippen molar-refractivity contribution >= 4 is 5.97 Å². The van der Waals surface area contributed by atoms with Gasteiger partial charge in [0.25, 0.3) is 0 Å². The van der Waals surface area contributed by atoms with E-state index in [1.54, 1.807) is 0 Å². The van der Waals surface area contributed by atoms with Gasteiger partial charge in [-0.15, -0.1) is 0 Å². The van der Waals surface area contributed by atoms with Gasteiger partial charge in [-0.1, -0.05) is 60.7 Å². The highest BCUT2D eigenvalue weighted by Gasteiger charge is 2.52. The van der Waals surface area contributed by atoms with E-state index in [0.29, 0.717) is 6.61 Å². The molecule has 2 saturated heterocycles. The number of methoxy groups -OCH3 is 1. The number of hydrogen-bond donors (Lipinski definition) is 0. The first kappa shape index (κ1) is 21.0. The van der Waals surface area contributed by atoms with Crippen molar-refractivity contribution in [3.05, 3.63) is 71.8 Å². The van der Waals surface area contributed by atoms with E-state index in [1.165, 1.54) is 14.0 Å². The first-order chi connectivity index (χ1) is 14.7. The molecular formula is C23H26O7. The summed E-state index contributed by atoms with van der Waals surface area (Å²) in [5, 5.41) is 0. The lowest BCUT2D eigenvalue weighted by atomic mass is 9.97. The van der Waals surface area contributed by atoms with E-state index in [4.69, 9.17) is 28.4 Å². The maximum Gasteiger partial charge on any atom is 0.303 e. The van der Waals surface area contributed by atoms with Crippen LogP contribution in [0.1, 0.15) is 24.3 Å². The summed E-state index contributed by atoms with van der Waals surface area (Å²) in [7, 11) is 1.53. The molecule has 0 spiro atoms. The quantitative estimate of drug-likeness (QED) is 0.673. The lowest BCUT2D eigenvalue weighted by Crippen LogP contribution is -2.63. The number of rotatable bonds is 6. The number of hydrogen-bond acceptors (Lipinski definition) is 7. The molecule has 6 atom stereocenters. The van der Waals surface area contributed by atoms with Gasteiger partial charge >= 0.3 is 5.97 Å². The Kier molecular flexibility index (Phi) is 6.76. The van der Waals surface area contributed by atoms with Crippen molar-refractivity contribution in [2.45, 2.75) is 50.5 Å². The summed E-state index contributed by atoms with van der Waals surface area (Å²) in [6.07, 6.45) is -3.67. The standard InChI is InChI=1S/C23H26O7/c1-15(24)28-20-19-18(14-27-22(30-19)17-11-7-4-8-12-17)29-23(25-2)21(20)26-13-16-9-5-3-6-10-16/h3-12,18-23H,13-14H2,1-2H3/t18?,19-,20?,21?,22?,23+/m1/s1. The zero-order chi connectivity index (χ0) is 20.9. The van der Waals surface area contributed by atoms with Gasteiger partial charge in [-0.2, -0.15) is 0 Å². The van der Waals surface area contributed by atoms with E-state index in [2.05, 4.69) is 0 Å². The van der Waals surface area contributed by atoms with E-state index >= 15 is 0 Å². The van der Waals surface area contributed by atoms with Crippen LogP contribution < -0.4 is 0 Å². The van der Waals surface area contributed by atoms with Gasteiger partial charge < -0.3 is 28.4 Å². The molecule has 30 heavy (non-hydrogen) atoms. The summed E-state index contributed by atoms with van der Waals surface area (Å²) in [6.45, 7) is 1.98. The van der Waals surface area contributed by atoms with Gasteiger partial charge in [-0.05, 0) is 5.56 Å². The Morgan fingerprint density at radius 2 is 1.70 bits per heavy atom. The Hall–Kier alpha value is -2.29. The van der Waals surface area contributed by atoms with Crippen molar-refractivity contribution in [1.82, 2.24) is 0 Å². The smallest absolute Gasteiger partial charge is 0.303 e. The van der Waals surface area contributed by atoms with Crippen LogP contribution >= 0.6 is 0 Å². The van der Waals surface area contributed by atoms with Gasteiger partial charge in [0.15, 0.2) is 18.7 Å². The lowest BCUT2D eigenvalue weighted by Gasteiger charge is -2.48. The summed E-state index contributed by atoms with van der Waals surface area (Å²) in [4.78, 5) is 11.9. The highest BCUT2D eigenvalue weighted by Crippen LogP contribution is 2.36. The molecule has 2 aromatic rings. The Balaban J connectivity index is 1.55. The fourth-order valence-corrected chi connectivity index (χ4v) is 3.78. The average molecular weight is 414 g/mol. The minimum atomic E-state index is -0.722. The van der Waals surface area contributed by atoms with Crippen LogP contribution in [-0.2, 0) is 39.8 Å². The number of carbonyl (C=O) groups is 1. The molecule has 0 amide bonds. The Morgan fingerprint density at radius 3 is 2.37 bits per heavy atom. The number of esters is 1. The number of benzene rings is 2. The third-order valence-electron chi connectivity index (χ3n) is 5.18. The molecule has 2 aliphatic heterocycles. The van der Waals surface area contributed by atoms with E-state index < -0.39 is 43.0 Å². The first-order valence-electron chi connectivity index (χ1n) is 9.98. The molecule has 0 radical (unpaired) electrons. The minimum absolute atomic E-state index is 0.285. The van der Waals surface area contributed by atoms with Crippen LogP contribution in [-0.4, -0.2) is 50.4 Å². The zero-order valence-electron chi connectivity index (χ0n) is 17.0. The molecule has 0 aromatic heterocycles. The Labute approximate surface area is 175 Å². The van der Waals surface area contributed by atoms with Crippen LogP contribution in [0.2, 0.25) is 0 Å². The molecule has 0 aliphatic carbocycles. The highest BCUT2D eigenvalue weighted by molar-refractivity contribution is 5.66. The molecule has 2 aromatic carbocycles. The molecule has 2 heterocycles. The second kappa shape index (κ2) is 9.68. The minimum Gasteiger partial charge on any atom is -0.457 e. The van der Waals surface area contributed by atoms with Crippen LogP contribution in [0.25, 0.3) is 0 Å². The second-order valence-electron chi connectivity index (χ2n) is 7.29. The van der Waals surface area contributed by atoms with E-state index in [9.17, 15) is 4.79 Å². The molecule has 2 aliphatic rings. The van der Waals surface area contributed by atoms with Crippen molar-refractivity contribution in [3.63, 3.8) is 0 Å². The monoisotopic (exact) mass is 414 g/mol. The number of ether oxygens (including phenoxy) is 6. The molecule has 0 saturated carbocycles. The van der Waals surface area contributed by atoms with Gasteiger partial charge in [0, 0.05) is 19.6 Å². The summed E-state index contributed by atoms with van der Waals surface area (Å²) in [6, 6.07) is 19.4. The fraction of sp³-hybridized carbons (Fsp3) is 0.435. The predicted octanol–water partition coefficient (Wildman–Crippen LogP) is 2.99. The number of fused-ring (bicyclic) bond motifs is 1. The largest absolute Gasteiger partial charge is 0.457 e. The predicted molar refractivity (Wildman–Crippen MR) is 106 cm³/mol. The van der Waals surface area contributed by atoms with E-state index in [0.717, 1.165) is 11.1 Å². The first-order valence-corrected chi connectivity index (χ1v) is 9.98. The van der Waals surface area contributed by atoms with Gasteiger partial charge in [-0.3, -0.25) is 4.79 Å². The molecule has 0 bridgehead atoms. The maximum absolute atomic E-state index is 11.9. The van der Waals surface area contributed by atoms with Crippen LogP contribution in [0.15, 0.2) is 60.7 Å². The number of carbonyl (C=O) groups excluding carboxylic acids is 1. The highest BCUT2D eigenvalue weighted by atomic mass is 16.8. The Morgan fingerprint density at radius 1 is 1.00 bits per heavy atom. The van der Waals surface area contributed by atoms with Crippen molar-refractivity contribution in [2.24, 2.45) is 0 Å². The van der Waals surface area contributed by atoms with Crippen molar-refractivity contribution in [3.8, 4) is 0 Å². The fourth-order valence-electron chi connectivity index (χ4n) is 3.78. The maximum atomic E-state index is 11.9. The normalized spacial score (nSPS) is 31.0. The van der Waals surface area contributed by atoms with Crippen LogP contribution in [0.5, 0.6) is 0 Å². The van der Waals surface area contributed by atoms with Crippen LogP contribution in [0.4, 0.5) is 0 Å². The topological polar surface area (TPSA) is 72.5 Å². The molecule has 7 nitrogen and oxygen atoms in total. The van der Waals surface area contributed by atoms with Crippen LogP contribution in [0.3, 0.4) is 0 Å². The van der Waals surface area contributed by atoms with Crippen LogP contribution in [0, 0.1) is 0 Å². The summed E-state index contributed by atoms with van der Waals surface area (Å²) in [5.74, 6) is -0.421. The van der Waals surface area contributed by atoms with E-state index in [1.807, 2.05) is 60.7 Å². The molecular weight excluding hydrogens is 388 g/mol. The second-order valence-corrected chi connectivity index (χ2v) is 7.29. The Bertz CT molecular complexity index is 807. The van der Waals surface area contributed by atoms with Crippen molar-refractivity contribution < 1.29 is 33.2 Å². The zero-order valence-corrected chi connectivity index (χ0v) is 17.0. The molecule has 2 fully saturated rings. The summed E-state index contributed by atoms with van der Waals surface area (Å²) in [5.41, 5.74) is 1.87. The third-order valence-corrected chi connectivity index (χ3v) is 5.18. The molecule has 7 heteroatoms. The van der Waals surface area contributed by atoms with Crippen molar-refractivity contribution in [2.75, 3.05) is 13.7 Å². The molecule has 160 valence electrons. The molecule has 4 unspecified atom stereocenters. The SMILES string of the molecule is CO[C@H]1OC2COC(c3ccccc3)O[C@H]2C(OC(C)=O)C1OCc1ccccc1. The van der Waals surface area contributed by atoms with Gasteiger partial charge in [0.2, 0.25) is 0 Å². The third kappa shape index (κ3) is 4.71. The van der Waals surface area contributed by atoms with Crippen molar-refractivity contribution in [1.29, 1.82) is 0 Å². The molecule has 0 N–H and O–H groups in total. The van der Waals surface area contributed by atoms with Gasteiger partial charge in [0.1, 0.15) is 18.3 Å². The summed E-state index contributed by atoms with van der Waals surface area (Å²) >= 11 is 0. The van der Waals surface area contributed by atoms with Gasteiger partial charge in [0.05, 0.1) is 13.2 Å². The summed E-state index contributed by atoms with van der Waals surface area (Å²) < 4.78 is 35.4. The molecule has 4 rings (SSSR count). The van der Waals surface area contributed by atoms with E-state index in [-0.39, 0.29) is 6.61 Å².